The van der Waals surface area contributed by atoms with Gasteiger partial charge >= 0.3 is 0 Å². The van der Waals surface area contributed by atoms with Gasteiger partial charge in [-0.15, -0.1) is 0 Å². The van der Waals surface area contributed by atoms with Crippen molar-refractivity contribution >= 4 is 0 Å². The second kappa shape index (κ2) is 7.34. The van der Waals surface area contributed by atoms with Gasteiger partial charge in [0, 0.05) is 31.8 Å². The quantitative estimate of drug-likeness (QED) is 0.723. The molecule has 2 atom stereocenters. The van der Waals surface area contributed by atoms with Gasteiger partial charge in [0.05, 0.1) is 0 Å². The van der Waals surface area contributed by atoms with Crippen molar-refractivity contribution in [2.45, 2.75) is 58.0 Å². The zero-order chi connectivity index (χ0) is 12.7. The van der Waals surface area contributed by atoms with Gasteiger partial charge in [-0.25, -0.2) is 0 Å². The molecule has 1 N–H and O–H groups in total. The molecule has 102 valence electrons. The van der Waals surface area contributed by atoms with Gasteiger partial charge in [-0.2, -0.15) is 0 Å². The van der Waals surface area contributed by atoms with Crippen molar-refractivity contribution in [3.8, 4) is 0 Å². The molecule has 1 saturated heterocycles. The molecule has 1 heterocycles. The highest BCUT2D eigenvalue weighted by molar-refractivity contribution is 4.90. The summed E-state index contributed by atoms with van der Waals surface area (Å²) in [5, 5.41) is 3.70. The first-order valence-corrected chi connectivity index (χ1v) is 7.09. The van der Waals surface area contributed by atoms with Crippen LogP contribution in [0.25, 0.3) is 0 Å². The average molecular weight is 242 g/mol. The third kappa shape index (κ3) is 4.94. The molecular formula is C14H30N2O. The molecule has 0 aromatic heterocycles. The van der Waals surface area contributed by atoms with E-state index in [1.807, 2.05) is 0 Å². The molecule has 1 fully saturated rings. The Balaban J connectivity index is 2.42. The van der Waals surface area contributed by atoms with Gasteiger partial charge in [-0.05, 0) is 52.6 Å². The highest BCUT2D eigenvalue weighted by Gasteiger charge is 2.29. The molecule has 0 spiro atoms. The predicted molar refractivity (Wildman–Crippen MR) is 73.5 cm³/mol. The minimum absolute atomic E-state index is 0.298. The summed E-state index contributed by atoms with van der Waals surface area (Å²) in [7, 11) is 1.78. The zero-order valence-electron chi connectivity index (χ0n) is 12.1. The van der Waals surface area contributed by atoms with E-state index in [0.717, 1.165) is 13.2 Å². The molecule has 0 radical (unpaired) electrons. The minimum atomic E-state index is 0.298. The van der Waals surface area contributed by atoms with Crippen LogP contribution in [0.15, 0.2) is 0 Å². The van der Waals surface area contributed by atoms with E-state index >= 15 is 0 Å². The Hall–Kier alpha value is -0.120. The van der Waals surface area contributed by atoms with Crippen molar-refractivity contribution in [2.75, 3.05) is 33.4 Å². The summed E-state index contributed by atoms with van der Waals surface area (Å²) in [5.74, 6) is 0. The van der Waals surface area contributed by atoms with Crippen LogP contribution < -0.4 is 5.32 Å². The first kappa shape index (κ1) is 14.9. The van der Waals surface area contributed by atoms with Gasteiger partial charge < -0.3 is 10.1 Å². The fraction of sp³-hybridized carbons (Fsp3) is 1.00. The fourth-order valence-corrected chi connectivity index (χ4v) is 2.52. The zero-order valence-corrected chi connectivity index (χ0v) is 12.1. The number of nitrogens with zero attached hydrogens (tertiary/aromatic N) is 1. The molecule has 0 aromatic carbocycles. The maximum absolute atomic E-state index is 5.11. The summed E-state index contributed by atoms with van der Waals surface area (Å²) in [6.07, 6.45) is 4.89. The molecule has 0 amide bonds. The van der Waals surface area contributed by atoms with Crippen LogP contribution in [0.4, 0.5) is 0 Å². The van der Waals surface area contributed by atoms with Gasteiger partial charge in [-0.3, -0.25) is 4.90 Å². The first-order chi connectivity index (χ1) is 8.11. The Morgan fingerprint density at radius 1 is 1.41 bits per heavy atom. The predicted octanol–water partition coefficient (Wildman–Crippen LogP) is 2.27. The van der Waals surface area contributed by atoms with E-state index in [2.05, 4.69) is 31.0 Å². The maximum atomic E-state index is 5.11. The van der Waals surface area contributed by atoms with Gasteiger partial charge in [0.15, 0.2) is 0 Å². The van der Waals surface area contributed by atoms with E-state index in [9.17, 15) is 0 Å². The number of nitrogens with one attached hydrogen (secondary N) is 1. The Bertz CT molecular complexity index is 210. The molecular weight excluding hydrogens is 212 g/mol. The lowest BCUT2D eigenvalue weighted by molar-refractivity contribution is 0.153. The van der Waals surface area contributed by atoms with Crippen molar-refractivity contribution in [3.05, 3.63) is 0 Å². The van der Waals surface area contributed by atoms with Crippen LogP contribution in [-0.4, -0.2) is 49.8 Å². The van der Waals surface area contributed by atoms with Gasteiger partial charge in [0.2, 0.25) is 0 Å². The second-order valence-electron chi connectivity index (χ2n) is 5.65. The largest absolute Gasteiger partial charge is 0.385 e. The third-order valence-electron chi connectivity index (χ3n) is 4.11. The van der Waals surface area contributed by atoms with Gasteiger partial charge in [0.25, 0.3) is 0 Å². The summed E-state index contributed by atoms with van der Waals surface area (Å²) in [5.41, 5.74) is 0.298. The summed E-state index contributed by atoms with van der Waals surface area (Å²) < 4.78 is 5.11. The van der Waals surface area contributed by atoms with Crippen molar-refractivity contribution in [1.29, 1.82) is 0 Å². The van der Waals surface area contributed by atoms with E-state index in [0.29, 0.717) is 11.6 Å². The van der Waals surface area contributed by atoms with Crippen LogP contribution in [0.2, 0.25) is 0 Å². The number of methoxy groups -OCH3 is 1. The molecule has 2 unspecified atom stereocenters. The van der Waals surface area contributed by atoms with Crippen LogP contribution in [0.3, 0.4) is 0 Å². The second-order valence-corrected chi connectivity index (χ2v) is 5.65. The summed E-state index contributed by atoms with van der Waals surface area (Å²) in [6, 6.07) is 0.707. The SMILES string of the molecule is CCC1(C)CN(CCCCOC)C(C)CCN1. The number of hydrogen-bond donors (Lipinski definition) is 1. The fourth-order valence-electron chi connectivity index (χ4n) is 2.52. The smallest absolute Gasteiger partial charge is 0.0462 e. The van der Waals surface area contributed by atoms with Crippen LogP contribution in [0.1, 0.15) is 46.5 Å². The lowest BCUT2D eigenvalue weighted by atomic mass is 9.98. The standard InChI is InChI=1S/C14H30N2O/c1-5-14(3)12-16(10-6-7-11-17-4)13(2)8-9-15-14/h13,15H,5-12H2,1-4H3. The highest BCUT2D eigenvalue weighted by Crippen LogP contribution is 2.19. The lowest BCUT2D eigenvalue weighted by Gasteiger charge is -2.35. The summed E-state index contributed by atoms with van der Waals surface area (Å²) in [4.78, 5) is 2.65. The van der Waals surface area contributed by atoms with Crippen molar-refractivity contribution < 1.29 is 4.74 Å². The molecule has 0 bridgehead atoms. The Labute approximate surface area is 107 Å². The highest BCUT2D eigenvalue weighted by atomic mass is 16.5. The number of ether oxygens (including phenoxy) is 1. The molecule has 17 heavy (non-hydrogen) atoms. The van der Waals surface area contributed by atoms with E-state index < -0.39 is 0 Å². The van der Waals surface area contributed by atoms with E-state index in [1.165, 1.54) is 38.8 Å². The van der Waals surface area contributed by atoms with Gasteiger partial charge in [0.1, 0.15) is 0 Å². The third-order valence-corrected chi connectivity index (χ3v) is 4.11. The normalized spacial score (nSPS) is 31.4. The number of unbranched alkanes of at least 4 members (excludes halogenated alkanes) is 1. The Kier molecular flexibility index (Phi) is 6.45. The first-order valence-electron chi connectivity index (χ1n) is 7.09. The Morgan fingerprint density at radius 2 is 2.18 bits per heavy atom. The number of rotatable bonds is 6. The Morgan fingerprint density at radius 3 is 2.82 bits per heavy atom. The molecule has 1 aliphatic heterocycles. The van der Waals surface area contributed by atoms with Crippen LogP contribution in [0.5, 0.6) is 0 Å². The molecule has 1 rings (SSSR count). The van der Waals surface area contributed by atoms with E-state index in [-0.39, 0.29) is 0 Å². The average Bonchev–Trinajstić information content (AvgIpc) is 2.46. The topological polar surface area (TPSA) is 24.5 Å². The van der Waals surface area contributed by atoms with Crippen LogP contribution >= 0.6 is 0 Å². The van der Waals surface area contributed by atoms with E-state index in [4.69, 9.17) is 4.74 Å². The maximum Gasteiger partial charge on any atom is 0.0462 e. The number of hydrogen-bond acceptors (Lipinski definition) is 3. The summed E-state index contributed by atoms with van der Waals surface area (Å²) >= 11 is 0. The molecule has 3 heteroatoms. The van der Waals surface area contributed by atoms with Crippen LogP contribution in [0, 0.1) is 0 Å². The minimum Gasteiger partial charge on any atom is -0.385 e. The molecule has 0 saturated carbocycles. The summed E-state index contributed by atoms with van der Waals surface area (Å²) in [6.45, 7) is 11.4. The van der Waals surface area contributed by atoms with Crippen molar-refractivity contribution in [3.63, 3.8) is 0 Å². The van der Waals surface area contributed by atoms with Crippen molar-refractivity contribution in [1.82, 2.24) is 10.2 Å². The monoisotopic (exact) mass is 242 g/mol. The molecule has 0 aromatic rings. The van der Waals surface area contributed by atoms with Crippen molar-refractivity contribution in [2.24, 2.45) is 0 Å². The molecule has 1 aliphatic rings. The van der Waals surface area contributed by atoms with Crippen LogP contribution in [-0.2, 0) is 4.74 Å². The molecule has 0 aliphatic carbocycles. The molecule has 3 nitrogen and oxygen atoms in total. The van der Waals surface area contributed by atoms with E-state index in [1.54, 1.807) is 7.11 Å². The van der Waals surface area contributed by atoms with Gasteiger partial charge in [-0.1, -0.05) is 6.92 Å². The lowest BCUT2D eigenvalue weighted by Crippen LogP contribution is -2.49.